The van der Waals surface area contributed by atoms with Crippen molar-refractivity contribution in [3.63, 3.8) is 0 Å². The van der Waals surface area contributed by atoms with Crippen LogP contribution in [0.5, 0.6) is 0 Å². The summed E-state index contributed by atoms with van der Waals surface area (Å²) in [5, 5.41) is 9.31. The fourth-order valence-corrected chi connectivity index (χ4v) is 2.66. The Bertz CT molecular complexity index is 661. The molecule has 9 nitrogen and oxygen atoms in total. The Hall–Kier alpha value is -1.45. The van der Waals surface area contributed by atoms with Gasteiger partial charge in [0.25, 0.3) is 5.56 Å². The molecular formula is C10H13FN2O7P+. The minimum Gasteiger partial charge on any atom is -0.393 e. The van der Waals surface area contributed by atoms with Gasteiger partial charge < -0.3 is 9.84 Å². The summed E-state index contributed by atoms with van der Waals surface area (Å²) >= 11 is 0. The van der Waals surface area contributed by atoms with Crippen LogP contribution in [0.4, 0.5) is 4.39 Å². The van der Waals surface area contributed by atoms with Gasteiger partial charge in [0.1, 0.15) is 5.60 Å². The number of aliphatic hydroxyl groups is 1. The van der Waals surface area contributed by atoms with Crippen molar-refractivity contribution in [2.75, 3.05) is 6.61 Å². The molecule has 3 N–H and O–H groups in total. The van der Waals surface area contributed by atoms with Gasteiger partial charge in [0, 0.05) is 16.8 Å². The molecule has 1 aliphatic heterocycles. The van der Waals surface area contributed by atoms with E-state index in [2.05, 4.69) is 4.52 Å². The molecule has 0 amide bonds. The van der Waals surface area contributed by atoms with Gasteiger partial charge in [-0.3, -0.25) is 14.3 Å². The number of nitrogens with zero attached hydrogens (tertiary/aromatic N) is 1. The van der Waals surface area contributed by atoms with Gasteiger partial charge in [-0.15, -0.1) is 9.42 Å². The van der Waals surface area contributed by atoms with Gasteiger partial charge in [-0.25, -0.2) is 9.18 Å². The lowest BCUT2D eigenvalue weighted by molar-refractivity contribution is -0.113. The van der Waals surface area contributed by atoms with Gasteiger partial charge in [-0.05, 0) is 6.92 Å². The summed E-state index contributed by atoms with van der Waals surface area (Å²) in [5.41, 5.74) is -3.20. The highest BCUT2D eigenvalue weighted by Crippen LogP contribution is 2.42. The van der Waals surface area contributed by atoms with Crippen molar-refractivity contribution >= 4 is 8.25 Å². The molecule has 0 radical (unpaired) electrons. The van der Waals surface area contributed by atoms with E-state index >= 15 is 0 Å². The number of aromatic amines is 1. The van der Waals surface area contributed by atoms with E-state index in [0.717, 1.165) is 16.8 Å². The van der Waals surface area contributed by atoms with Crippen molar-refractivity contribution < 1.29 is 28.2 Å². The lowest BCUT2D eigenvalue weighted by atomic mass is 9.99. The molecule has 21 heavy (non-hydrogen) atoms. The number of hydrogen-bond acceptors (Lipinski definition) is 6. The molecule has 0 aliphatic carbocycles. The Morgan fingerprint density at radius 1 is 1.62 bits per heavy atom. The van der Waals surface area contributed by atoms with Crippen LogP contribution in [0.3, 0.4) is 0 Å². The number of aliphatic hydroxyl groups excluding tert-OH is 1. The summed E-state index contributed by atoms with van der Waals surface area (Å²) in [4.78, 5) is 33.3. The Morgan fingerprint density at radius 3 is 2.81 bits per heavy atom. The quantitative estimate of drug-likeness (QED) is 0.618. The molecule has 11 heteroatoms. The van der Waals surface area contributed by atoms with Crippen LogP contribution >= 0.6 is 8.25 Å². The molecule has 2 heterocycles. The van der Waals surface area contributed by atoms with E-state index in [1.165, 1.54) is 6.92 Å². The molecule has 5 atom stereocenters. The SMILES string of the molecule is C[C@]1(CO)O[C@@H](n2ccc(=O)[nH]c2=O)[C@@H](F)C1O[P+](=O)O. The van der Waals surface area contributed by atoms with Crippen LogP contribution < -0.4 is 11.2 Å². The number of nitrogens with one attached hydrogen (secondary N) is 1. The highest BCUT2D eigenvalue weighted by molar-refractivity contribution is 7.32. The molecule has 0 saturated carbocycles. The topological polar surface area (TPSA) is 131 Å². The van der Waals surface area contributed by atoms with Crippen LogP contribution in [0.1, 0.15) is 13.2 Å². The molecule has 1 aromatic heterocycles. The summed E-state index contributed by atoms with van der Waals surface area (Å²) in [7, 11) is -3.13. The Balaban J connectivity index is 2.41. The Kier molecular flexibility index (Phi) is 4.35. The van der Waals surface area contributed by atoms with Crippen LogP contribution in [0, 0.1) is 0 Å². The first-order chi connectivity index (χ1) is 9.78. The summed E-state index contributed by atoms with van der Waals surface area (Å²) in [6.45, 7) is 0.579. The van der Waals surface area contributed by atoms with E-state index in [9.17, 15) is 23.7 Å². The van der Waals surface area contributed by atoms with Crippen LogP contribution in [0.25, 0.3) is 0 Å². The largest absolute Gasteiger partial charge is 0.695 e. The molecule has 1 aromatic rings. The van der Waals surface area contributed by atoms with E-state index in [0.29, 0.717) is 0 Å². The number of halogens is 1. The first kappa shape index (κ1) is 15.9. The molecule has 1 saturated heterocycles. The molecule has 0 spiro atoms. The molecule has 0 bridgehead atoms. The maximum Gasteiger partial charge on any atom is 0.695 e. The number of alkyl halides is 1. The first-order valence-electron chi connectivity index (χ1n) is 5.85. The second-order valence-electron chi connectivity index (χ2n) is 4.70. The van der Waals surface area contributed by atoms with Gasteiger partial charge in [-0.2, -0.15) is 0 Å². The van der Waals surface area contributed by atoms with Crippen molar-refractivity contribution in [1.29, 1.82) is 0 Å². The predicted octanol–water partition coefficient (Wildman–Crippen LogP) is -0.811. The standard InChI is InChI=1S/C10H12FN2O7P/c1-10(4-14)7(20-21(17)18)6(11)8(19-10)13-3-2-5(15)12-9(13)16/h2-3,6-8,14H,4H2,1H3,(H-,12,15,16,17,18)/p+1/t6-,7?,8+,10+/m0/s1. The molecule has 2 unspecified atom stereocenters. The van der Waals surface area contributed by atoms with Crippen molar-refractivity contribution in [2.45, 2.75) is 31.0 Å². The smallest absolute Gasteiger partial charge is 0.393 e. The van der Waals surface area contributed by atoms with E-state index in [1.54, 1.807) is 0 Å². The predicted molar refractivity (Wildman–Crippen MR) is 66.5 cm³/mol. The summed E-state index contributed by atoms with van der Waals surface area (Å²) in [6.07, 6.45) is -4.04. The van der Waals surface area contributed by atoms with Crippen molar-refractivity contribution in [1.82, 2.24) is 9.55 Å². The average molecular weight is 323 g/mol. The maximum absolute atomic E-state index is 14.4. The maximum atomic E-state index is 14.4. The van der Waals surface area contributed by atoms with Gasteiger partial charge in [0.2, 0.25) is 0 Å². The fraction of sp³-hybridized carbons (Fsp3) is 0.600. The Labute approximate surface area is 117 Å². The number of H-pyrrole nitrogens is 1. The summed E-state index contributed by atoms with van der Waals surface area (Å²) in [5.74, 6) is 0. The van der Waals surface area contributed by atoms with E-state index < -0.39 is 50.2 Å². The third kappa shape index (κ3) is 2.94. The zero-order valence-electron chi connectivity index (χ0n) is 10.8. The Morgan fingerprint density at radius 2 is 2.29 bits per heavy atom. The molecule has 0 aromatic carbocycles. The van der Waals surface area contributed by atoms with Gasteiger partial charge in [0.05, 0.1) is 6.61 Å². The second-order valence-corrected chi connectivity index (χ2v) is 5.39. The van der Waals surface area contributed by atoms with Gasteiger partial charge in [-0.1, -0.05) is 0 Å². The molecule has 1 aliphatic rings. The zero-order chi connectivity index (χ0) is 15.8. The average Bonchev–Trinajstić information content (AvgIpc) is 2.64. The monoisotopic (exact) mass is 323 g/mol. The summed E-state index contributed by atoms with van der Waals surface area (Å²) in [6, 6.07) is 0.995. The van der Waals surface area contributed by atoms with Crippen molar-refractivity contribution in [2.24, 2.45) is 0 Å². The van der Waals surface area contributed by atoms with Crippen molar-refractivity contribution in [3.05, 3.63) is 33.1 Å². The van der Waals surface area contributed by atoms with Crippen LogP contribution in [0.15, 0.2) is 21.9 Å². The lowest BCUT2D eigenvalue weighted by Gasteiger charge is -2.24. The number of ether oxygens (including phenoxy) is 1. The molecular weight excluding hydrogens is 310 g/mol. The number of rotatable bonds is 4. The van der Waals surface area contributed by atoms with E-state index in [1.807, 2.05) is 4.98 Å². The minimum absolute atomic E-state index is 0.666. The van der Waals surface area contributed by atoms with E-state index in [4.69, 9.17) is 9.63 Å². The van der Waals surface area contributed by atoms with E-state index in [-0.39, 0.29) is 0 Å². The van der Waals surface area contributed by atoms with Crippen LogP contribution in [-0.4, -0.2) is 44.0 Å². The van der Waals surface area contributed by atoms with Gasteiger partial charge >= 0.3 is 13.9 Å². The first-order valence-corrected chi connectivity index (χ1v) is 6.98. The van der Waals surface area contributed by atoms with Crippen molar-refractivity contribution in [3.8, 4) is 0 Å². The minimum atomic E-state index is -3.13. The second kappa shape index (κ2) is 5.74. The number of aromatic nitrogens is 2. The lowest BCUT2D eigenvalue weighted by Crippen LogP contribution is -2.43. The van der Waals surface area contributed by atoms with Gasteiger partial charge in [0.15, 0.2) is 18.5 Å². The third-order valence-electron chi connectivity index (χ3n) is 3.20. The number of hydrogen-bond donors (Lipinski definition) is 3. The highest BCUT2D eigenvalue weighted by Gasteiger charge is 2.58. The third-order valence-corrected chi connectivity index (χ3v) is 3.60. The van der Waals surface area contributed by atoms with Crippen LogP contribution in [-0.2, 0) is 13.8 Å². The highest BCUT2D eigenvalue weighted by atomic mass is 31.1. The van der Waals surface area contributed by atoms with Crippen LogP contribution in [0.2, 0.25) is 0 Å². The molecule has 116 valence electrons. The summed E-state index contributed by atoms with van der Waals surface area (Å²) < 4.78 is 35.8. The normalized spacial score (nSPS) is 33.1. The zero-order valence-corrected chi connectivity index (χ0v) is 11.7. The molecule has 1 fully saturated rings. The molecule has 2 rings (SSSR count). The fourth-order valence-electron chi connectivity index (χ4n) is 2.13.